The number of esters is 1. The van der Waals surface area contributed by atoms with Gasteiger partial charge in [0.25, 0.3) is 0 Å². The highest BCUT2D eigenvalue weighted by atomic mass is 16.5. The molecule has 1 aromatic carbocycles. The van der Waals surface area contributed by atoms with E-state index in [0.29, 0.717) is 6.42 Å². The Morgan fingerprint density at radius 3 is 2.45 bits per heavy atom. The van der Waals surface area contributed by atoms with E-state index in [1.807, 2.05) is 6.92 Å². The maximum absolute atomic E-state index is 11.3. The second kappa shape index (κ2) is 8.05. The second-order valence-electron chi connectivity index (χ2n) is 5.46. The molecule has 0 aromatic heterocycles. The molecule has 0 aliphatic rings. The minimum atomic E-state index is -0.166. The zero-order chi connectivity index (χ0) is 15.1. The van der Waals surface area contributed by atoms with Crippen LogP contribution in [0.5, 0.6) is 0 Å². The molecule has 2 atom stereocenters. The van der Waals surface area contributed by atoms with Gasteiger partial charge in [-0.15, -0.1) is 0 Å². The third-order valence-corrected chi connectivity index (χ3v) is 3.82. The first-order valence-corrected chi connectivity index (χ1v) is 7.45. The molecule has 0 saturated heterocycles. The van der Waals surface area contributed by atoms with Crippen molar-refractivity contribution in [2.75, 3.05) is 7.11 Å². The van der Waals surface area contributed by atoms with Crippen molar-refractivity contribution in [1.29, 1.82) is 0 Å². The van der Waals surface area contributed by atoms with Crippen molar-refractivity contribution in [2.45, 2.75) is 52.5 Å². The lowest BCUT2D eigenvalue weighted by Crippen LogP contribution is -2.17. The van der Waals surface area contributed by atoms with Crippen molar-refractivity contribution in [3.8, 4) is 0 Å². The molecule has 112 valence electrons. The fourth-order valence-electron chi connectivity index (χ4n) is 2.57. The Hall–Kier alpha value is -1.35. The Morgan fingerprint density at radius 1 is 1.25 bits per heavy atom. The topological polar surface area (TPSA) is 52.3 Å². The molecule has 3 heteroatoms. The maximum Gasteiger partial charge on any atom is 0.305 e. The molecule has 3 nitrogen and oxygen atoms in total. The molecule has 20 heavy (non-hydrogen) atoms. The molecular formula is C17H27NO2. The number of hydrogen-bond donors (Lipinski definition) is 1. The Kier molecular flexibility index (Phi) is 6.73. The van der Waals surface area contributed by atoms with Gasteiger partial charge in [-0.25, -0.2) is 0 Å². The van der Waals surface area contributed by atoms with Crippen LogP contribution in [0.2, 0.25) is 0 Å². The molecule has 0 amide bonds. The Balaban J connectivity index is 2.72. The van der Waals surface area contributed by atoms with Crippen LogP contribution < -0.4 is 5.73 Å². The summed E-state index contributed by atoms with van der Waals surface area (Å²) in [5.74, 6) is 0.0636. The number of ether oxygens (including phenoxy) is 1. The van der Waals surface area contributed by atoms with E-state index in [0.717, 1.165) is 24.8 Å². The summed E-state index contributed by atoms with van der Waals surface area (Å²) < 4.78 is 4.70. The summed E-state index contributed by atoms with van der Waals surface area (Å²) in [6.45, 7) is 6.38. The molecule has 0 saturated carbocycles. The number of carbonyl (C=O) groups excluding carboxylic acids is 1. The van der Waals surface area contributed by atoms with Gasteiger partial charge >= 0.3 is 5.97 Å². The maximum atomic E-state index is 11.3. The van der Waals surface area contributed by atoms with Crippen molar-refractivity contribution >= 4 is 5.97 Å². The van der Waals surface area contributed by atoms with Gasteiger partial charge in [-0.1, -0.05) is 39.0 Å². The molecule has 0 spiro atoms. The van der Waals surface area contributed by atoms with Gasteiger partial charge in [0, 0.05) is 12.5 Å². The number of aryl methyl sites for hydroxylation is 2. The van der Waals surface area contributed by atoms with Gasteiger partial charge in [0.05, 0.1) is 7.11 Å². The molecule has 0 fully saturated rings. The SMILES string of the molecule is CCc1ccc(C(N)CC(C)CC(=O)OC)cc1CC. The average molecular weight is 277 g/mol. The largest absolute Gasteiger partial charge is 0.469 e. The summed E-state index contributed by atoms with van der Waals surface area (Å²) in [4.78, 5) is 11.3. The minimum Gasteiger partial charge on any atom is -0.469 e. The summed E-state index contributed by atoms with van der Waals surface area (Å²) in [5, 5.41) is 0. The Labute approximate surface area is 122 Å². The van der Waals surface area contributed by atoms with Crippen LogP contribution >= 0.6 is 0 Å². The molecule has 0 bridgehead atoms. The summed E-state index contributed by atoms with van der Waals surface area (Å²) in [7, 11) is 1.42. The monoisotopic (exact) mass is 277 g/mol. The Bertz CT molecular complexity index is 443. The molecular weight excluding hydrogens is 250 g/mol. The van der Waals surface area contributed by atoms with Crippen LogP contribution in [0.3, 0.4) is 0 Å². The highest BCUT2D eigenvalue weighted by molar-refractivity contribution is 5.69. The van der Waals surface area contributed by atoms with E-state index in [1.54, 1.807) is 0 Å². The van der Waals surface area contributed by atoms with Crippen LogP contribution in [0.1, 0.15) is 56.3 Å². The molecule has 0 aliphatic carbocycles. The number of rotatable bonds is 7. The van der Waals surface area contributed by atoms with Crippen LogP contribution in [0, 0.1) is 5.92 Å². The van der Waals surface area contributed by atoms with E-state index < -0.39 is 0 Å². The fourth-order valence-corrected chi connectivity index (χ4v) is 2.57. The minimum absolute atomic E-state index is 0.0223. The van der Waals surface area contributed by atoms with Crippen LogP contribution in [-0.2, 0) is 22.4 Å². The first-order chi connectivity index (χ1) is 9.51. The van der Waals surface area contributed by atoms with Gasteiger partial charge in [0.15, 0.2) is 0 Å². The Morgan fingerprint density at radius 2 is 1.90 bits per heavy atom. The van der Waals surface area contributed by atoms with E-state index in [-0.39, 0.29) is 17.9 Å². The quantitative estimate of drug-likeness (QED) is 0.777. The molecule has 0 radical (unpaired) electrons. The standard InChI is InChI=1S/C17H27NO2/c1-5-13-7-8-15(11-14(13)6-2)16(18)9-12(3)10-17(19)20-4/h7-8,11-12,16H,5-6,9-10,18H2,1-4H3. The molecule has 2 unspecified atom stereocenters. The summed E-state index contributed by atoms with van der Waals surface area (Å²) in [6.07, 6.45) is 3.31. The average Bonchev–Trinajstić information content (AvgIpc) is 2.45. The lowest BCUT2D eigenvalue weighted by molar-refractivity contribution is -0.141. The zero-order valence-electron chi connectivity index (χ0n) is 13.1. The normalized spacial score (nSPS) is 13.8. The summed E-state index contributed by atoms with van der Waals surface area (Å²) >= 11 is 0. The van der Waals surface area contributed by atoms with Crippen molar-refractivity contribution < 1.29 is 9.53 Å². The highest BCUT2D eigenvalue weighted by Gasteiger charge is 2.15. The van der Waals surface area contributed by atoms with Crippen LogP contribution in [-0.4, -0.2) is 13.1 Å². The fraction of sp³-hybridized carbons (Fsp3) is 0.588. The van der Waals surface area contributed by atoms with Gasteiger partial charge in [0.2, 0.25) is 0 Å². The first kappa shape index (κ1) is 16.7. The summed E-state index contributed by atoms with van der Waals surface area (Å²) in [5.41, 5.74) is 10.2. The predicted molar refractivity (Wildman–Crippen MR) is 82.5 cm³/mol. The lowest BCUT2D eigenvalue weighted by atomic mass is 9.91. The first-order valence-electron chi connectivity index (χ1n) is 7.45. The number of methoxy groups -OCH3 is 1. The van der Waals surface area contributed by atoms with Crippen molar-refractivity contribution in [3.05, 3.63) is 34.9 Å². The van der Waals surface area contributed by atoms with Gasteiger partial charge < -0.3 is 10.5 Å². The molecule has 1 rings (SSSR count). The van der Waals surface area contributed by atoms with Crippen LogP contribution in [0.4, 0.5) is 0 Å². The van der Waals surface area contributed by atoms with Gasteiger partial charge in [-0.3, -0.25) is 4.79 Å². The third kappa shape index (κ3) is 4.64. The van der Waals surface area contributed by atoms with Crippen molar-refractivity contribution in [1.82, 2.24) is 0 Å². The number of hydrogen-bond acceptors (Lipinski definition) is 3. The van der Waals surface area contributed by atoms with Gasteiger partial charge in [0.1, 0.15) is 0 Å². The molecule has 2 N–H and O–H groups in total. The number of carbonyl (C=O) groups is 1. The van der Waals surface area contributed by atoms with E-state index in [2.05, 4.69) is 32.0 Å². The van der Waals surface area contributed by atoms with E-state index in [1.165, 1.54) is 18.2 Å². The predicted octanol–water partition coefficient (Wildman–Crippen LogP) is 3.40. The van der Waals surface area contributed by atoms with Crippen LogP contribution in [0.15, 0.2) is 18.2 Å². The van der Waals surface area contributed by atoms with Crippen LogP contribution in [0.25, 0.3) is 0 Å². The second-order valence-corrected chi connectivity index (χ2v) is 5.46. The van der Waals surface area contributed by atoms with Crippen molar-refractivity contribution in [2.24, 2.45) is 11.7 Å². The van der Waals surface area contributed by atoms with Gasteiger partial charge in [-0.05, 0) is 41.9 Å². The number of benzene rings is 1. The van der Waals surface area contributed by atoms with E-state index in [4.69, 9.17) is 10.5 Å². The smallest absolute Gasteiger partial charge is 0.305 e. The highest BCUT2D eigenvalue weighted by Crippen LogP contribution is 2.24. The number of nitrogens with two attached hydrogens (primary N) is 1. The molecule has 1 aromatic rings. The summed E-state index contributed by atoms with van der Waals surface area (Å²) in [6, 6.07) is 6.49. The third-order valence-electron chi connectivity index (χ3n) is 3.82. The molecule has 0 heterocycles. The lowest BCUT2D eigenvalue weighted by Gasteiger charge is -2.18. The van der Waals surface area contributed by atoms with Gasteiger partial charge in [-0.2, -0.15) is 0 Å². The zero-order valence-corrected chi connectivity index (χ0v) is 13.1. The molecule has 0 aliphatic heterocycles. The van der Waals surface area contributed by atoms with E-state index >= 15 is 0 Å². The van der Waals surface area contributed by atoms with Crippen molar-refractivity contribution in [3.63, 3.8) is 0 Å². The van der Waals surface area contributed by atoms with E-state index in [9.17, 15) is 4.79 Å².